The van der Waals surface area contributed by atoms with Crippen molar-refractivity contribution < 1.29 is 9.53 Å². The lowest BCUT2D eigenvalue weighted by Gasteiger charge is -2.55. The van der Waals surface area contributed by atoms with Gasteiger partial charge in [-0.3, -0.25) is 4.79 Å². The van der Waals surface area contributed by atoms with Gasteiger partial charge in [0.1, 0.15) is 0 Å². The molecule has 1 saturated heterocycles. The molecule has 1 N–H and O–H groups in total. The van der Waals surface area contributed by atoms with Crippen LogP contribution in [0.2, 0.25) is 0 Å². The van der Waals surface area contributed by atoms with Gasteiger partial charge in [-0.1, -0.05) is 0 Å². The van der Waals surface area contributed by atoms with E-state index in [1.54, 1.807) is 0 Å². The van der Waals surface area contributed by atoms with Gasteiger partial charge in [-0.25, -0.2) is 0 Å². The summed E-state index contributed by atoms with van der Waals surface area (Å²) in [5, 5.41) is 3.72. The van der Waals surface area contributed by atoms with Crippen molar-refractivity contribution >= 4 is 23.2 Å². The average Bonchev–Trinajstić information content (AvgIpc) is 2.44. The summed E-state index contributed by atoms with van der Waals surface area (Å²) in [6, 6.07) is 0. The molecule has 23 heavy (non-hydrogen) atoms. The van der Waals surface area contributed by atoms with Crippen LogP contribution in [0, 0.1) is 23.2 Å². The highest BCUT2D eigenvalue weighted by Crippen LogP contribution is 2.60. The van der Waals surface area contributed by atoms with Gasteiger partial charge < -0.3 is 15.0 Å². The average molecular weight is 337 g/mol. The number of morpholine rings is 1. The molecule has 1 aliphatic heterocycles. The zero-order chi connectivity index (χ0) is 16.2. The van der Waals surface area contributed by atoms with Crippen molar-refractivity contribution in [3.05, 3.63) is 0 Å². The highest BCUT2D eigenvalue weighted by atomic mass is 32.1. The Hall–Kier alpha value is -0.680. The first kappa shape index (κ1) is 15.8. The number of ether oxygens (including phenoxy) is 1. The van der Waals surface area contributed by atoms with Crippen molar-refractivity contribution in [2.45, 2.75) is 64.6 Å². The molecule has 1 heterocycles. The van der Waals surface area contributed by atoms with Crippen LogP contribution in [-0.2, 0) is 9.53 Å². The van der Waals surface area contributed by atoms with Gasteiger partial charge >= 0.3 is 0 Å². The highest BCUT2D eigenvalue weighted by molar-refractivity contribution is 7.80. The molecule has 1 amide bonds. The van der Waals surface area contributed by atoms with Gasteiger partial charge in [0.15, 0.2) is 5.11 Å². The first-order chi connectivity index (χ1) is 10.9. The molecule has 0 aromatic heterocycles. The van der Waals surface area contributed by atoms with Crippen molar-refractivity contribution in [1.82, 2.24) is 10.2 Å². The molecule has 4 aliphatic carbocycles. The molecular formula is C18H28N2O2S. The molecule has 4 saturated carbocycles. The summed E-state index contributed by atoms with van der Waals surface area (Å²) in [7, 11) is 0. The van der Waals surface area contributed by atoms with Crippen LogP contribution in [0.15, 0.2) is 0 Å². The van der Waals surface area contributed by atoms with Crippen molar-refractivity contribution in [1.29, 1.82) is 0 Å². The summed E-state index contributed by atoms with van der Waals surface area (Å²) in [6.45, 7) is 5.66. The summed E-state index contributed by atoms with van der Waals surface area (Å²) < 4.78 is 5.76. The Morgan fingerprint density at radius 3 is 2.00 bits per heavy atom. The van der Waals surface area contributed by atoms with Crippen LogP contribution in [0.25, 0.3) is 0 Å². The molecule has 5 rings (SSSR count). The first-order valence-corrected chi connectivity index (χ1v) is 9.60. The second kappa shape index (κ2) is 5.69. The predicted molar refractivity (Wildman–Crippen MR) is 92.9 cm³/mol. The molecular weight excluding hydrogens is 308 g/mol. The molecule has 5 aliphatic rings. The van der Waals surface area contributed by atoms with E-state index in [0.717, 1.165) is 50.1 Å². The van der Waals surface area contributed by atoms with E-state index in [9.17, 15) is 4.79 Å². The van der Waals surface area contributed by atoms with E-state index in [0.29, 0.717) is 5.11 Å². The molecule has 2 atom stereocenters. The topological polar surface area (TPSA) is 41.6 Å². The second-order valence-electron chi connectivity index (χ2n) is 8.62. The van der Waals surface area contributed by atoms with Crippen molar-refractivity contribution in [2.75, 3.05) is 13.1 Å². The molecule has 4 bridgehead atoms. The molecule has 0 spiro atoms. The lowest BCUT2D eigenvalue weighted by Crippen LogP contribution is -2.58. The van der Waals surface area contributed by atoms with Gasteiger partial charge in [-0.05, 0) is 82.3 Å². The second-order valence-corrected chi connectivity index (χ2v) is 9.01. The van der Waals surface area contributed by atoms with Gasteiger partial charge in [0, 0.05) is 13.1 Å². The Kier molecular flexibility index (Phi) is 3.92. The molecule has 4 nitrogen and oxygen atoms in total. The van der Waals surface area contributed by atoms with Crippen LogP contribution in [0.4, 0.5) is 0 Å². The van der Waals surface area contributed by atoms with Crippen molar-refractivity contribution in [3.8, 4) is 0 Å². The molecule has 5 fully saturated rings. The van der Waals surface area contributed by atoms with Gasteiger partial charge in [-0.15, -0.1) is 0 Å². The van der Waals surface area contributed by atoms with Crippen LogP contribution in [0.3, 0.4) is 0 Å². The largest absolute Gasteiger partial charge is 0.372 e. The van der Waals surface area contributed by atoms with E-state index in [2.05, 4.69) is 24.1 Å². The number of hydrogen-bond acceptors (Lipinski definition) is 3. The van der Waals surface area contributed by atoms with Crippen molar-refractivity contribution in [3.63, 3.8) is 0 Å². The van der Waals surface area contributed by atoms with Gasteiger partial charge in [0.25, 0.3) is 0 Å². The number of carbonyl (C=O) groups is 1. The molecule has 128 valence electrons. The Labute approximate surface area is 144 Å². The van der Waals surface area contributed by atoms with Crippen LogP contribution in [-0.4, -0.2) is 41.2 Å². The minimum atomic E-state index is -0.123. The van der Waals surface area contributed by atoms with Gasteiger partial charge in [0.05, 0.1) is 17.6 Å². The third-order valence-corrected chi connectivity index (χ3v) is 6.81. The lowest BCUT2D eigenvalue weighted by atomic mass is 9.49. The molecule has 0 aromatic carbocycles. The zero-order valence-corrected chi connectivity index (χ0v) is 15.0. The van der Waals surface area contributed by atoms with E-state index in [1.807, 2.05) is 0 Å². The standard InChI is InChI=1S/C18H28N2O2S/c1-11-9-20(10-12(2)22-11)17(23)19-16(21)18-6-13-3-14(7-18)5-15(4-13)8-18/h11-15H,3-10H2,1-2H3,(H,19,21,23)/t11-,12+,13?,14?,15?,18?. The van der Waals surface area contributed by atoms with Crippen LogP contribution < -0.4 is 5.32 Å². The Bertz CT molecular complexity index is 476. The monoisotopic (exact) mass is 336 g/mol. The molecule has 0 aromatic rings. The summed E-state index contributed by atoms with van der Waals surface area (Å²) in [5.41, 5.74) is -0.123. The Morgan fingerprint density at radius 1 is 1.04 bits per heavy atom. The third kappa shape index (κ3) is 2.91. The van der Waals surface area contributed by atoms with E-state index >= 15 is 0 Å². The van der Waals surface area contributed by atoms with Gasteiger partial charge in [-0.2, -0.15) is 0 Å². The minimum absolute atomic E-state index is 0.123. The summed E-state index contributed by atoms with van der Waals surface area (Å²) in [5.74, 6) is 2.55. The first-order valence-electron chi connectivity index (χ1n) is 9.19. The minimum Gasteiger partial charge on any atom is -0.372 e. The smallest absolute Gasteiger partial charge is 0.232 e. The summed E-state index contributed by atoms with van der Waals surface area (Å²) >= 11 is 5.55. The van der Waals surface area contributed by atoms with Gasteiger partial charge in [0.2, 0.25) is 5.91 Å². The van der Waals surface area contributed by atoms with E-state index < -0.39 is 0 Å². The Balaban J connectivity index is 1.42. The molecule has 0 unspecified atom stereocenters. The van der Waals surface area contributed by atoms with Crippen LogP contribution in [0.5, 0.6) is 0 Å². The fourth-order valence-electron chi connectivity index (χ4n) is 6.04. The molecule has 5 heteroatoms. The van der Waals surface area contributed by atoms with Crippen LogP contribution in [0.1, 0.15) is 52.4 Å². The maximum Gasteiger partial charge on any atom is 0.232 e. The van der Waals surface area contributed by atoms with E-state index in [1.165, 1.54) is 19.3 Å². The maximum absolute atomic E-state index is 13.1. The zero-order valence-electron chi connectivity index (χ0n) is 14.2. The van der Waals surface area contributed by atoms with E-state index in [-0.39, 0.29) is 23.5 Å². The number of nitrogens with one attached hydrogen (secondary N) is 1. The lowest BCUT2D eigenvalue weighted by molar-refractivity contribution is -0.144. The number of amides is 1. The predicted octanol–water partition coefficient (Wildman–Crippen LogP) is 2.71. The van der Waals surface area contributed by atoms with E-state index in [4.69, 9.17) is 17.0 Å². The number of nitrogens with zero attached hydrogens (tertiary/aromatic N) is 1. The summed E-state index contributed by atoms with van der Waals surface area (Å²) in [6.07, 6.45) is 7.65. The fraction of sp³-hybridized carbons (Fsp3) is 0.889. The highest BCUT2D eigenvalue weighted by Gasteiger charge is 2.54. The number of rotatable bonds is 1. The number of carbonyl (C=O) groups excluding carboxylic acids is 1. The van der Waals surface area contributed by atoms with Crippen LogP contribution >= 0.6 is 12.2 Å². The number of thiocarbonyl (C=S) groups is 1. The normalized spacial score (nSPS) is 45.1. The fourth-order valence-corrected chi connectivity index (χ4v) is 6.28. The third-order valence-electron chi connectivity index (χ3n) is 6.45. The quantitative estimate of drug-likeness (QED) is 0.748. The molecule has 0 radical (unpaired) electrons. The Morgan fingerprint density at radius 2 is 1.52 bits per heavy atom. The summed E-state index contributed by atoms with van der Waals surface area (Å²) in [4.78, 5) is 15.2. The SMILES string of the molecule is C[C@@H]1CN(C(=S)NC(=O)C23CC4CC(CC(C4)C2)C3)C[C@H](C)O1. The van der Waals surface area contributed by atoms with Crippen molar-refractivity contribution in [2.24, 2.45) is 23.2 Å². The number of hydrogen-bond donors (Lipinski definition) is 1. The maximum atomic E-state index is 13.1.